The number of aliphatic carboxylic acids is 1. The zero-order valence-electron chi connectivity index (χ0n) is 16.8. The number of hydrogen-bond acceptors (Lipinski definition) is 8. The van der Waals surface area contributed by atoms with E-state index in [1.165, 1.54) is 12.1 Å². The predicted octanol–water partition coefficient (Wildman–Crippen LogP) is 1.46. The Hall–Kier alpha value is -3.79. The number of carboxylic acid groups (broad SMARTS) is 1. The first-order chi connectivity index (χ1) is 14.7. The van der Waals surface area contributed by atoms with Crippen LogP contribution in [0, 0.1) is 5.41 Å². The molecule has 0 heterocycles. The fraction of sp³-hybridized carbons (Fsp3) is 0.286. The van der Waals surface area contributed by atoms with E-state index < -0.39 is 35.0 Å². The summed E-state index contributed by atoms with van der Waals surface area (Å²) in [5.74, 6) is -3.23. The largest absolute Gasteiger partial charge is 0.504 e. The fourth-order valence-corrected chi connectivity index (χ4v) is 2.95. The molecular weight excluding hydrogens is 404 g/mol. The third-order valence-electron chi connectivity index (χ3n) is 4.62. The number of amides is 1. The van der Waals surface area contributed by atoms with Gasteiger partial charge in [0, 0.05) is 31.6 Å². The summed E-state index contributed by atoms with van der Waals surface area (Å²) in [5.41, 5.74) is 6.76. The summed E-state index contributed by atoms with van der Waals surface area (Å²) >= 11 is 0. The van der Waals surface area contributed by atoms with Crippen LogP contribution in [0.2, 0.25) is 0 Å². The Balaban J connectivity index is 2.30. The molecule has 31 heavy (non-hydrogen) atoms. The third kappa shape index (κ3) is 6.61. The minimum Gasteiger partial charge on any atom is -0.504 e. The van der Waals surface area contributed by atoms with Gasteiger partial charge in [0.2, 0.25) is 5.91 Å². The number of para-hydroxylation sites is 1. The minimum atomic E-state index is -1.28. The molecule has 0 saturated carbocycles. The van der Waals surface area contributed by atoms with Crippen LogP contribution in [0.4, 0.5) is 5.69 Å². The van der Waals surface area contributed by atoms with E-state index in [4.69, 9.17) is 16.2 Å². The highest BCUT2D eigenvalue weighted by Crippen LogP contribution is 2.38. The van der Waals surface area contributed by atoms with Gasteiger partial charge in [-0.15, -0.1) is 0 Å². The smallest absolute Gasteiger partial charge is 0.349 e. The van der Waals surface area contributed by atoms with Gasteiger partial charge in [-0.25, -0.2) is 4.79 Å². The number of benzene rings is 2. The van der Waals surface area contributed by atoms with Gasteiger partial charge in [0.05, 0.1) is 6.04 Å². The van der Waals surface area contributed by atoms with E-state index in [0.717, 1.165) is 5.56 Å². The van der Waals surface area contributed by atoms with E-state index in [-0.39, 0.29) is 31.8 Å². The normalized spacial score (nSPS) is 11.5. The van der Waals surface area contributed by atoms with Crippen LogP contribution in [0.1, 0.15) is 30.0 Å². The van der Waals surface area contributed by atoms with E-state index in [9.17, 15) is 24.9 Å². The van der Waals surface area contributed by atoms with Crippen molar-refractivity contribution in [3.05, 3.63) is 47.5 Å². The lowest BCUT2D eigenvalue weighted by atomic mass is 10.0. The number of nitrogens with one attached hydrogen (secondary N) is 3. The Morgan fingerprint density at radius 3 is 2.32 bits per heavy atom. The van der Waals surface area contributed by atoms with Gasteiger partial charge in [-0.05, 0) is 35.7 Å². The first kappa shape index (κ1) is 23.5. The van der Waals surface area contributed by atoms with Crippen molar-refractivity contribution in [1.29, 1.82) is 5.41 Å². The maximum atomic E-state index is 11.9. The number of anilines is 1. The number of hydrogen-bond donors (Lipinski definition) is 8. The van der Waals surface area contributed by atoms with Crippen LogP contribution >= 0.6 is 0 Å². The van der Waals surface area contributed by atoms with E-state index in [1.54, 1.807) is 24.3 Å². The van der Waals surface area contributed by atoms with Crippen molar-refractivity contribution in [1.82, 2.24) is 5.32 Å². The van der Waals surface area contributed by atoms with Gasteiger partial charge >= 0.3 is 5.97 Å². The Morgan fingerprint density at radius 1 is 1.06 bits per heavy atom. The van der Waals surface area contributed by atoms with Crippen molar-refractivity contribution in [2.24, 2.45) is 5.73 Å². The molecule has 0 aromatic heterocycles. The maximum Gasteiger partial charge on any atom is 0.349 e. The predicted molar refractivity (Wildman–Crippen MR) is 115 cm³/mol. The zero-order valence-corrected chi connectivity index (χ0v) is 16.8. The van der Waals surface area contributed by atoms with Gasteiger partial charge in [-0.2, -0.15) is 0 Å². The number of carboxylic acids is 1. The molecule has 0 aliphatic carbocycles. The lowest BCUT2D eigenvalue weighted by Crippen LogP contribution is -2.32. The molecule has 166 valence electrons. The monoisotopic (exact) mass is 430 g/mol. The van der Waals surface area contributed by atoms with E-state index in [2.05, 4.69) is 10.6 Å². The summed E-state index contributed by atoms with van der Waals surface area (Å²) in [6.45, 7) is 0.269. The first-order valence-electron chi connectivity index (χ1n) is 9.59. The van der Waals surface area contributed by atoms with Crippen molar-refractivity contribution in [2.75, 3.05) is 18.4 Å². The number of phenols is 3. The van der Waals surface area contributed by atoms with Crippen LogP contribution in [0.3, 0.4) is 0 Å². The van der Waals surface area contributed by atoms with Gasteiger partial charge in [0.1, 0.15) is 5.71 Å². The van der Waals surface area contributed by atoms with Gasteiger partial charge in [0.25, 0.3) is 0 Å². The quantitative estimate of drug-likeness (QED) is 0.194. The number of rotatable bonds is 11. The number of phenolic OH excluding ortho intramolecular Hbond substituents is 3. The fourth-order valence-electron chi connectivity index (χ4n) is 2.95. The topological polar surface area (TPSA) is 189 Å². The van der Waals surface area contributed by atoms with E-state index in [1.807, 2.05) is 0 Å². The standard InChI is InChI=1S/C21H26N4O6/c22-8-7-19(28)24-11-16(13-9-17(26)20(29)18(27)10-13)25-15-4-2-1-3-12(15)5-6-14(23)21(30)31/h1-4,9-10,16,23,25-27,29H,5-8,11,22H2,(H,24,28)(H,30,31). The summed E-state index contributed by atoms with van der Waals surface area (Å²) < 4.78 is 0. The highest BCUT2D eigenvalue weighted by Gasteiger charge is 2.19. The van der Waals surface area contributed by atoms with Crippen molar-refractivity contribution in [3.63, 3.8) is 0 Å². The Kier molecular flexibility index (Phi) is 8.21. The van der Waals surface area contributed by atoms with Gasteiger partial charge in [-0.3, -0.25) is 10.2 Å². The summed E-state index contributed by atoms with van der Waals surface area (Å²) in [5, 5.41) is 51.8. The van der Waals surface area contributed by atoms with E-state index in [0.29, 0.717) is 17.7 Å². The van der Waals surface area contributed by atoms with Crippen molar-refractivity contribution in [3.8, 4) is 17.2 Å². The second kappa shape index (κ2) is 10.8. The number of carbonyl (C=O) groups excluding carboxylic acids is 1. The molecule has 0 aliphatic heterocycles. The van der Waals surface area contributed by atoms with Crippen molar-refractivity contribution < 1.29 is 30.0 Å². The van der Waals surface area contributed by atoms with Gasteiger partial charge < -0.3 is 36.8 Å². The molecule has 9 N–H and O–H groups in total. The molecular formula is C21H26N4O6. The second-order valence-corrected chi connectivity index (χ2v) is 6.89. The van der Waals surface area contributed by atoms with Crippen LogP contribution in [-0.4, -0.2) is 51.1 Å². The first-order valence-corrected chi connectivity index (χ1v) is 9.59. The average Bonchev–Trinajstić information content (AvgIpc) is 2.73. The maximum absolute atomic E-state index is 11.9. The van der Waals surface area contributed by atoms with Crippen LogP contribution in [0.15, 0.2) is 36.4 Å². The van der Waals surface area contributed by atoms with E-state index >= 15 is 0 Å². The van der Waals surface area contributed by atoms with Crippen LogP contribution < -0.4 is 16.4 Å². The summed E-state index contributed by atoms with van der Waals surface area (Å²) in [4.78, 5) is 22.8. The molecule has 2 rings (SSSR count). The molecule has 0 fully saturated rings. The average molecular weight is 430 g/mol. The molecule has 1 amide bonds. The third-order valence-corrected chi connectivity index (χ3v) is 4.62. The molecule has 1 atom stereocenters. The number of nitrogens with two attached hydrogens (primary N) is 1. The summed E-state index contributed by atoms with van der Waals surface area (Å²) in [6, 6.07) is 9.02. The number of carbonyl (C=O) groups is 2. The lowest BCUT2D eigenvalue weighted by Gasteiger charge is -2.23. The van der Waals surface area contributed by atoms with Crippen LogP contribution in [0.25, 0.3) is 0 Å². The molecule has 10 nitrogen and oxygen atoms in total. The molecule has 10 heteroatoms. The van der Waals surface area contributed by atoms with Gasteiger partial charge in [0.15, 0.2) is 17.2 Å². The second-order valence-electron chi connectivity index (χ2n) is 6.89. The number of aryl methyl sites for hydroxylation is 1. The zero-order chi connectivity index (χ0) is 23.0. The van der Waals surface area contributed by atoms with Crippen LogP contribution in [0.5, 0.6) is 17.2 Å². The molecule has 0 saturated heterocycles. The van der Waals surface area contributed by atoms with Gasteiger partial charge in [-0.1, -0.05) is 18.2 Å². The summed E-state index contributed by atoms with van der Waals surface area (Å²) in [6.07, 6.45) is 0.464. The molecule has 0 radical (unpaired) electrons. The lowest BCUT2D eigenvalue weighted by molar-refractivity contribution is -0.129. The minimum absolute atomic E-state index is 0.0344. The van der Waals surface area contributed by atoms with Crippen LogP contribution in [-0.2, 0) is 16.0 Å². The van der Waals surface area contributed by atoms with Crippen molar-refractivity contribution >= 4 is 23.3 Å². The Bertz CT molecular complexity index is 940. The Labute approximate surface area is 178 Å². The highest BCUT2D eigenvalue weighted by atomic mass is 16.4. The highest BCUT2D eigenvalue weighted by molar-refractivity contribution is 6.34. The van der Waals surface area contributed by atoms with Crippen molar-refractivity contribution in [2.45, 2.75) is 25.3 Å². The SMILES string of the molecule is N=C(CCc1ccccc1NC(CNC(=O)CCN)c1cc(O)c(O)c(O)c1)C(=O)O. The summed E-state index contributed by atoms with van der Waals surface area (Å²) in [7, 11) is 0. The molecule has 0 aliphatic rings. The molecule has 2 aromatic carbocycles. The molecule has 0 spiro atoms. The molecule has 1 unspecified atom stereocenters. The Morgan fingerprint density at radius 2 is 1.71 bits per heavy atom. The molecule has 0 bridgehead atoms. The number of aromatic hydroxyl groups is 3. The molecule has 2 aromatic rings.